The lowest BCUT2D eigenvalue weighted by Gasteiger charge is -2.40. The van der Waals surface area contributed by atoms with Crippen LogP contribution >= 0.6 is 11.6 Å². The van der Waals surface area contributed by atoms with Gasteiger partial charge in [0.05, 0.1) is 22.4 Å². The van der Waals surface area contributed by atoms with Crippen LogP contribution < -0.4 is 10.5 Å². The normalized spacial score (nSPS) is 22.6. The van der Waals surface area contributed by atoms with E-state index in [0.717, 1.165) is 63.1 Å². The van der Waals surface area contributed by atoms with Crippen molar-refractivity contribution in [2.45, 2.75) is 56.6 Å². The van der Waals surface area contributed by atoms with E-state index in [1.54, 1.807) is 18.2 Å². The highest BCUT2D eigenvalue weighted by atomic mass is 35.5. The molecule has 1 saturated carbocycles. The molecule has 4 rings (SSSR count). The van der Waals surface area contributed by atoms with Crippen molar-refractivity contribution in [3.8, 4) is 11.8 Å². The molecule has 0 spiro atoms. The summed E-state index contributed by atoms with van der Waals surface area (Å²) in [5.74, 6) is 0.568. The van der Waals surface area contributed by atoms with Crippen molar-refractivity contribution in [1.82, 2.24) is 15.1 Å². The van der Waals surface area contributed by atoms with Gasteiger partial charge in [0, 0.05) is 18.0 Å². The van der Waals surface area contributed by atoms with Gasteiger partial charge in [0.1, 0.15) is 11.8 Å². The third-order valence-electron chi connectivity index (χ3n) is 6.41. The van der Waals surface area contributed by atoms with Crippen LogP contribution in [0.4, 0.5) is 0 Å². The number of likely N-dealkylation sites (tertiary alicyclic amines) is 1. The first-order valence-electron chi connectivity index (χ1n) is 10.8. The molecule has 2 aromatic rings. The predicted octanol–water partition coefficient (Wildman–Crippen LogP) is 3.67. The molecule has 1 amide bonds. The maximum absolute atomic E-state index is 11.2. The topological polar surface area (TPSA) is 105 Å². The molecular weight excluding hydrogens is 414 g/mol. The van der Waals surface area contributed by atoms with E-state index in [9.17, 15) is 4.79 Å². The van der Waals surface area contributed by atoms with Gasteiger partial charge < -0.3 is 15.4 Å². The highest BCUT2D eigenvalue weighted by Crippen LogP contribution is 2.33. The Hall–Kier alpha value is -2.69. The first-order valence-corrected chi connectivity index (χ1v) is 11.1. The second kappa shape index (κ2) is 9.63. The van der Waals surface area contributed by atoms with E-state index >= 15 is 0 Å². The van der Waals surface area contributed by atoms with Crippen molar-refractivity contribution >= 4 is 17.5 Å². The Balaban J connectivity index is 1.24. The number of piperidine rings is 1. The largest absolute Gasteiger partial charge is 0.490 e. The SMILES string of the molecule is N#Cc1ccc(OC2CCC(N3CCC(c4ccc(C(N)=O)nn4)CC3)CC2)cc1Cl. The molecule has 1 aliphatic heterocycles. The molecule has 0 unspecified atom stereocenters. The number of benzene rings is 1. The van der Waals surface area contributed by atoms with Gasteiger partial charge in [-0.3, -0.25) is 4.79 Å². The molecule has 31 heavy (non-hydrogen) atoms. The molecule has 1 aliphatic carbocycles. The average Bonchev–Trinajstić information content (AvgIpc) is 2.80. The molecule has 0 atom stereocenters. The number of carbonyl (C=O) groups is 1. The lowest BCUT2D eigenvalue weighted by Crippen LogP contribution is -2.44. The summed E-state index contributed by atoms with van der Waals surface area (Å²) in [6, 6.07) is 11.5. The molecular formula is C23H26ClN5O2. The molecule has 2 fully saturated rings. The Kier molecular flexibility index (Phi) is 6.69. The maximum Gasteiger partial charge on any atom is 0.269 e. The summed E-state index contributed by atoms with van der Waals surface area (Å²) >= 11 is 6.11. The number of hydrogen-bond acceptors (Lipinski definition) is 6. The van der Waals surface area contributed by atoms with Crippen LogP contribution in [0, 0.1) is 11.3 Å². The third-order valence-corrected chi connectivity index (χ3v) is 6.72. The number of carbonyl (C=O) groups excluding carboxylic acids is 1. The second-order valence-electron chi connectivity index (χ2n) is 8.32. The number of nitrogens with zero attached hydrogens (tertiary/aromatic N) is 4. The van der Waals surface area contributed by atoms with E-state index in [-0.39, 0.29) is 11.8 Å². The zero-order chi connectivity index (χ0) is 21.8. The fraction of sp³-hybridized carbons (Fsp3) is 0.478. The molecule has 1 aromatic carbocycles. The maximum atomic E-state index is 11.2. The first kappa shape index (κ1) is 21.5. The summed E-state index contributed by atoms with van der Waals surface area (Å²) < 4.78 is 6.11. The molecule has 1 aromatic heterocycles. The van der Waals surface area contributed by atoms with Crippen LogP contribution in [0.3, 0.4) is 0 Å². The predicted molar refractivity (Wildman–Crippen MR) is 117 cm³/mol. The quantitative estimate of drug-likeness (QED) is 0.761. The molecule has 1 saturated heterocycles. The van der Waals surface area contributed by atoms with Crippen molar-refractivity contribution in [3.05, 3.63) is 52.3 Å². The van der Waals surface area contributed by atoms with E-state index < -0.39 is 5.91 Å². The highest BCUT2D eigenvalue weighted by Gasteiger charge is 2.30. The van der Waals surface area contributed by atoms with Gasteiger partial charge in [-0.25, -0.2) is 0 Å². The average molecular weight is 440 g/mol. The number of amides is 1. The van der Waals surface area contributed by atoms with E-state index in [0.29, 0.717) is 22.5 Å². The van der Waals surface area contributed by atoms with Gasteiger partial charge in [0.15, 0.2) is 5.69 Å². The summed E-state index contributed by atoms with van der Waals surface area (Å²) in [6.07, 6.45) is 6.55. The number of aromatic nitrogens is 2. The molecule has 2 N–H and O–H groups in total. The number of nitrogens with two attached hydrogens (primary N) is 1. The Morgan fingerprint density at radius 2 is 1.84 bits per heavy atom. The van der Waals surface area contributed by atoms with Gasteiger partial charge in [-0.2, -0.15) is 10.4 Å². The standard InChI is InChI=1S/C23H26ClN5O2/c24-20-13-19(4-1-16(20)14-25)31-18-5-2-17(3-6-18)29-11-9-15(10-12-29)21-7-8-22(23(26)30)28-27-21/h1,4,7-8,13,15,17-18H,2-3,5-6,9-12H2,(H2,26,30). The molecule has 0 bridgehead atoms. The van der Waals surface area contributed by atoms with Crippen LogP contribution in [-0.4, -0.2) is 46.2 Å². The fourth-order valence-corrected chi connectivity index (χ4v) is 4.85. The highest BCUT2D eigenvalue weighted by molar-refractivity contribution is 6.31. The third kappa shape index (κ3) is 5.15. The summed E-state index contributed by atoms with van der Waals surface area (Å²) in [7, 11) is 0. The lowest BCUT2D eigenvalue weighted by molar-refractivity contribution is 0.0729. The van der Waals surface area contributed by atoms with E-state index in [4.69, 9.17) is 27.3 Å². The van der Waals surface area contributed by atoms with Crippen molar-refractivity contribution in [1.29, 1.82) is 5.26 Å². The zero-order valence-corrected chi connectivity index (χ0v) is 18.1. The Labute approximate surface area is 187 Å². The van der Waals surface area contributed by atoms with E-state index in [1.807, 2.05) is 12.1 Å². The summed E-state index contributed by atoms with van der Waals surface area (Å²) in [5, 5.41) is 17.6. The van der Waals surface area contributed by atoms with Gasteiger partial charge in [-0.1, -0.05) is 11.6 Å². The van der Waals surface area contributed by atoms with Gasteiger partial charge in [0.25, 0.3) is 5.91 Å². The lowest BCUT2D eigenvalue weighted by atomic mass is 9.87. The number of halogens is 1. The minimum atomic E-state index is -0.546. The van der Waals surface area contributed by atoms with Gasteiger partial charge in [-0.15, -0.1) is 5.10 Å². The number of nitriles is 1. The van der Waals surface area contributed by atoms with Crippen molar-refractivity contribution in [3.63, 3.8) is 0 Å². The Morgan fingerprint density at radius 1 is 1.10 bits per heavy atom. The van der Waals surface area contributed by atoms with Gasteiger partial charge in [0.2, 0.25) is 0 Å². The number of primary amides is 1. The molecule has 8 heteroatoms. The number of ether oxygens (including phenoxy) is 1. The summed E-state index contributed by atoms with van der Waals surface area (Å²) in [5.41, 5.74) is 6.87. The van der Waals surface area contributed by atoms with Crippen LogP contribution in [0.2, 0.25) is 5.02 Å². The van der Waals surface area contributed by atoms with Gasteiger partial charge in [-0.05, 0) is 75.9 Å². The van der Waals surface area contributed by atoms with Crippen LogP contribution in [0.25, 0.3) is 0 Å². The summed E-state index contributed by atoms with van der Waals surface area (Å²) in [6.45, 7) is 2.09. The molecule has 2 aliphatic rings. The number of hydrogen-bond donors (Lipinski definition) is 1. The number of rotatable bonds is 5. The van der Waals surface area contributed by atoms with Crippen LogP contribution in [-0.2, 0) is 0 Å². The Bertz CT molecular complexity index is 959. The van der Waals surface area contributed by atoms with Crippen LogP contribution in [0.15, 0.2) is 30.3 Å². The van der Waals surface area contributed by atoms with E-state index in [1.165, 1.54) is 0 Å². The fourth-order valence-electron chi connectivity index (χ4n) is 4.63. The summed E-state index contributed by atoms with van der Waals surface area (Å²) in [4.78, 5) is 13.8. The minimum absolute atomic E-state index is 0.192. The van der Waals surface area contributed by atoms with E-state index in [2.05, 4.69) is 21.2 Å². The molecule has 2 heterocycles. The Morgan fingerprint density at radius 3 is 2.42 bits per heavy atom. The van der Waals surface area contributed by atoms with Crippen molar-refractivity contribution in [2.75, 3.05) is 13.1 Å². The monoisotopic (exact) mass is 439 g/mol. The van der Waals surface area contributed by atoms with Crippen LogP contribution in [0.1, 0.15) is 66.2 Å². The minimum Gasteiger partial charge on any atom is -0.490 e. The molecule has 162 valence electrons. The smallest absolute Gasteiger partial charge is 0.269 e. The first-order chi connectivity index (χ1) is 15.0. The molecule has 0 radical (unpaired) electrons. The van der Waals surface area contributed by atoms with Gasteiger partial charge >= 0.3 is 0 Å². The van der Waals surface area contributed by atoms with Crippen LogP contribution in [0.5, 0.6) is 5.75 Å². The van der Waals surface area contributed by atoms with Crippen molar-refractivity contribution in [2.24, 2.45) is 5.73 Å². The zero-order valence-electron chi connectivity index (χ0n) is 17.3. The van der Waals surface area contributed by atoms with Crippen molar-refractivity contribution < 1.29 is 9.53 Å². The molecule has 7 nitrogen and oxygen atoms in total. The second-order valence-corrected chi connectivity index (χ2v) is 8.73.